The van der Waals surface area contributed by atoms with Crippen LogP contribution in [0.4, 0.5) is 4.79 Å². The Hall–Kier alpha value is -1.46. The third-order valence-corrected chi connectivity index (χ3v) is 2.59. The van der Waals surface area contributed by atoms with Crippen LogP contribution in [0.2, 0.25) is 0 Å². The van der Waals surface area contributed by atoms with E-state index in [2.05, 4.69) is 0 Å². The molecule has 1 aromatic carbocycles. The third-order valence-electron chi connectivity index (χ3n) is 1.90. The Balaban J connectivity index is 2.03. The zero-order chi connectivity index (χ0) is 10.7. The first-order valence-electron chi connectivity index (χ1n) is 4.37. The van der Waals surface area contributed by atoms with E-state index in [0.29, 0.717) is 6.42 Å². The van der Waals surface area contributed by atoms with Crippen molar-refractivity contribution in [3.05, 3.63) is 47.0 Å². The first kappa shape index (κ1) is 10.1. The van der Waals surface area contributed by atoms with Crippen LogP contribution >= 0.6 is 12.0 Å². The fourth-order valence-corrected chi connectivity index (χ4v) is 1.87. The minimum Gasteiger partial charge on any atom is -0.463 e. The van der Waals surface area contributed by atoms with Gasteiger partial charge in [0.2, 0.25) is 0 Å². The lowest BCUT2D eigenvalue weighted by molar-refractivity contribution is 0.0325. The molecule has 0 saturated heterocycles. The Morgan fingerprint density at radius 1 is 1.40 bits per heavy atom. The molecule has 0 radical (unpaired) electrons. The van der Waals surface area contributed by atoms with Crippen molar-refractivity contribution in [2.75, 3.05) is 0 Å². The van der Waals surface area contributed by atoms with E-state index in [9.17, 15) is 4.79 Å². The summed E-state index contributed by atoms with van der Waals surface area (Å²) in [6.07, 6.45) is 1.07. The third kappa shape index (κ3) is 2.51. The molecule has 0 saturated carbocycles. The molecular weight excluding hydrogens is 214 g/mol. The van der Waals surface area contributed by atoms with Crippen LogP contribution in [-0.4, -0.2) is 16.3 Å². The molecule has 1 aliphatic rings. The lowest BCUT2D eigenvalue weighted by Crippen LogP contribution is -2.17. The molecule has 0 aromatic heterocycles. The van der Waals surface area contributed by atoms with Crippen LogP contribution in [0.1, 0.15) is 5.56 Å². The summed E-state index contributed by atoms with van der Waals surface area (Å²) >= 11 is 1.08. The second kappa shape index (κ2) is 4.37. The van der Waals surface area contributed by atoms with E-state index in [-0.39, 0.29) is 0 Å². The van der Waals surface area contributed by atoms with E-state index < -0.39 is 6.09 Å². The van der Waals surface area contributed by atoms with Gasteiger partial charge >= 0.3 is 6.09 Å². The van der Waals surface area contributed by atoms with E-state index in [4.69, 9.17) is 9.39 Å². The maximum atomic E-state index is 10.5. The first-order valence-corrected chi connectivity index (χ1v) is 5.11. The van der Waals surface area contributed by atoms with Gasteiger partial charge in [-0.05, 0) is 5.56 Å². The highest BCUT2D eigenvalue weighted by Gasteiger charge is 2.20. The van der Waals surface area contributed by atoms with Crippen LogP contribution in [0.3, 0.4) is 0 Å². The lowest BCUT2D eigenvalue weighted by atomic mass is 10.1. The summed E-state index contributed by atoms with van der Waals surface area (Å²) in [5.74, 6) is 0. The zero-order valence-electron chi connectivity index (χ0n) is 7.79. The molecule has 2 rings (SSSR count). The van der Waals surface area contributed by atoms with Crippen molar-refractivity contribution in [3.63, 3.8) is 0 Å². The standard InChI is InChI=1S/C10H9NO3S/c12-10(13)11-7-9(15-14-11)6-8-4-2-1-3-5-8/h1-5,7H,6H2,(H,12,13). The Morgan fingerprint density at radius 3 is 2.73 bits per heavy atom. The Labute approximate surface area is 91.3 Å². The number of carbonyl (C=O) groups is 1. The van der Waals surface area contributed by atoms with E-state index in [1.165, 1.54) is 6.20 Å². The van der Waals surface area contributed by atoms with Crippen molar-refractivity contribution >= 4 is 18.1 Å². The first-order chi connectivity index (χ1) is 7.25. The number of hydroxylamine groups is 2. The number of hydrogen-bond acceptors (Lipinski definition) is 3. The Kier molecular flexibility index (Phi) is 2.94. The lowest BCUT2D eigenvalue weighted by Gasteiger charge is -2.02. The number of allylic oxidation sites excluding steroid dienone is 1. The monoisotopic (exact) mass is 223 g/mol. The van der Waals surface area contributed by atoms with E-state index in [1.54, 1.807) is 0 Å². The molecule has 0 fully saturated rings. The van der Waals surface area contributed by atoms with Gasteiger partial charge in [0.05, 0.1) is 18.2 Å². The zero-order valence-corrected chi connectivity index (χ0v) is 8.61. The van der Waals surface area contributed by atoms with Crippen molar-refractivity contribution in [1.29, 1.82) is 0 Å². The summed E-state index contributed by atoms with van der Waals surface area (Å²) in [5, 5.41) is 9.45. The molecule has 1 N–H and O–H groups in total. The van der Waals surface area contributed by atoms with Crippen LogP contribution < -0.4 is 0 Å². The summed E-state index contributed by atoms with van der Waals surface area (Å²) in [7, 11) is 0. The van der Waals surface area contributed by atoms with Crippen molar-refractivity contribution in [2.45, 2.75) is 6.42 Å². The molecule has 1 amide bonds. The largest absolute Gasteiger partial charge is 0.463 e. The molecular formula is C10H9NO3S. The minimum absolute atomic E-state index is 0.690. The maximum absolute atomic E-state index is 10.5. The van der Waals surface area contributed by atoms with Gasteiger partial charge in [-0.2, -0.15) is 4.28 Å². The minimum atomic E-state index is -1.11. The van der Waals surface area contributed by atoms with Gasteiger partial charge in [-0.3, -0.25) is 0 Å². The number of hydrogen-bond donors (Lipinski definition) is 1. The van der Waals surface area contributed by atoms with Crippen molar-refractivity contribution in [1.82, 2.24) is 5.06 Å². The summed E-state index contributed by atoms with van der Waals surface area (Å²) in [5.41, 5.74) is 1.13. The molecule has 0 bridgehead atoms. The fraction of sp³-hybridized carbons (Fsp3) is 0.100. The summed E-state index contributed by atoms with van der Waals surface area (Å²) in [6.45, 7) is 0. The Morgan fingerprint density at radius 2 is 2.13 bits per heavy atom. The van der Waals surface area contributed by atoms with Crippen molar-refractivity contribution in [2.24, 2.45) is 0 Å². The number of carboxylic acid groups (broad SMARTS) is 1. The molecule has 78 valence electrons. The van der Waals surface area contributed by atoms with Crippen LogP contribution in [0, 0.1) is 0 Å². The van der Waals surface area contributed by atoms with Gasteiger partial charge in [0, 0.05) is 11.3 Å². The molecule has 1 aromatic rings. The highest BCUT2D eigenvalue weighted by atomic mass is 32.2. The fourth-order valence-electron chi connectivity index (χ4n) is 1.22. The normalized spacial score (nSPS) is 15.2. The van der Waals surface area contributed by atoms with E-state index >= 15 is 0 Å². The molecule has 4 nitrogen and oxygen atoms in total. The molecule has 0 aliphatic carbocycles. The topological polar surface area (TPSA) is 49.8 Å². The average molecular weight is 223 g/mol. The van der Waals surface area contributed by atoms with Crippen LogP contribution in [-0.2, 0) is 10.7 Å². The van der Waals surface area contributed by atoms with Gasteiger partial charge in [0.1, 0.15) is 0 Å². The second-order valence-electron chi connectivity index (χ2n) is 3.02. The Bertz CT molecular complexity index is 391. The van der Waals surface area contributed by atoms with Gasteiger partial charge in [0.25, 0.3) is 0 Å². The summed E-state index contributed by atoms with van der Waals surface area (Å²) < 4.78 is 4.86. The summed E-state index contributed by atoms with van der Waals surface area (Å²) in [6, 6.07) is 9.83. The summed E-state index contributed by atoms with van der Waals surface area (Å²) in [4.78, 5) is 11.4. The van der Waals surface area contributed by atoms with E-state index in [0.717, 1.165) is 27.6 Å². The highest BCUT2D eigenvalue weighted by Crippen LogP contribution is 2.29. The van der Waals surface area contributed by atoms with Crippen molar-refractivity contribution < 1.29 is 14.2 Å². The molecule has 5 heteroatoms. The van der Waals surface area contributed by atoms with Crippen LogP contribution in [0.5, 0.6) is 0 Å². The van der Waals surface area contributed by atoms with Gasteiger partial charge in [-0.25, -0.2) is 4.79 Å². The molecule has 1 heterocycles. The van der Waals surface area contributed by atoms with Gasteiger partial charge in [0.15, 0.2) is 0 Å². The smallest absolute Gasteiger partial charge is 0.436 e. The number of amides is 1. The van der Waals surface area contributed by atoms with Gasteiger partial charge < -0.3 is 5.11 Å². The van der Waals surface area contributed by atoms with Crippen LogP contribution in [0.15, 0.2) is 41.4 Å². The molecule has 0 atom stereocenters. The molecule has 1 aliphatic heterocycles. The molecule has 0 spiro atoms. The quantitative estimate of drug-likeness (QED) is 0.783. The van der Waals surface area contributed by atoms with Gasteiger partial charge in [-0.15, -0.1) is 5.06 Å². The van der Waals surface area contributed by atoms with Gasteiger partial charge in [-0.1, -0.05) is 30.3 Å². The highest BCUT2D eigenvalue weighted by molar-refractivity contribution is 7.98. The predicted molar refractivity (Wildman–Crippen MR) is 56.8 cm³/mol. The maximum Gasteiger partial charge on any atom is 0.436 e. The number of rotatable bonds is 2. The number of benzene rings is 1. The molecule has 0 unspecified atom stereocenters. The SMILES string of the molecule is O=C(O)N1C=C(Cc2ccccc2)SO1. The molecule has 15 heavy (non-hydrogen) atoms. The number of nitrogens with zero attached hydrogens (tertiary/aromatic N) is 1. The van der Waals surface area contributed by atoms with Crippen LogP contribution in [0.25, 0.3) is 0 Å². The second-order valence-corrected chi connectivity index (χ2v) is 3.86. The van der Waals surface area contributed by atoms with Crippen molar-refractivity contribution in [3.8, 4) is 0 Å². The van der Waals surface area contributed by atoms with E-state index in [1.807, 2.05) is 30.3 Å². The average Bonchev–Trinajstić information content (AvgIpc) is 2.68. The predicted octanol–water partition coefficient (Wildman–Crippen LogP) is 2.64.